The maximum absolute atomic E-state index is 11.9. The first-order valence-corrected chi connectivity index (χ1v) is 7.05. The first-order chi connectivity index (χ1) is 9.69. The largest absolute Gasteiger partial charge is 0.467 e. The molecule has 0 bridgehead atoms. The standard InChI is InChI=1S/C14H23N3O3.2ClH/c1-11(9-17-2-4-19-5-3-17)8-16-14(18)12-6-13(7-15)20-10-12;;/h6,10-11H,2-5,7-9,15H2,1H3,(H,16,18);2*1H. The van der Waals surface area contributed by atoms with Crippen LogP contribution in [-0.4, -0.2) is 50.2 Å². The molecule has 2 heterocycles. The van der Waals surface area contributed by atoms with Crippen LogP contribution in [0, 0.1) is 5.92 Å². The summed E-state index contributed by atoms with van der Waals surface area (Å²) in [5.74, 6) is 0.914. The maximum Gasteiger partial charge on any atom is 0.254 e. The van der Waals surface area contributed by atoms with Gasteiger partial charge in [-0.2, -0.15) is 0 Å². The van der Waals surface area contributed by atoms with E-state index in [0.717, 1.165) is 32.8 Å². The quantitative estimate of drug-likeness (QED) is 0.805. The van der Waals surface area contributed by atoms with Crippen LogP contribution >= 0.6 is 24.8 Å². The van der Waals surface area contributed by atoms with Gasteiger partial charge in [-0.05, 0) is 12.0 Å². The van der Waals surface area contributed by atoms with Gasteiger partial charge in [-0.15, -0.1) is 24.8 Å². The maximum atomic E-state index is 11.9. The number of morpholine rings is 1. The van der Waals surface area contributed by atoms with Gasteiger partial charge >= 0.3 is 0 Å². The minimum absolute atomic E-state index is 0. The summed E-state index contributed by atoms with van der Waals surface area (Å²) in [6, 6.07) is 1.68. The third kappa shape index (κ3) is 6.54. The lowest BCUT2D eigenvalue weighted by atomic mass is 10.1. The number of nitrogens with two attached hydrogens (primary N) is 1. The lowest BCUT2D eigenvalue weighted by molar-refractivity contribution is 0.0317. The van der Waals surface area contributed by atoms with Crippen LogP contribution in [0.2, 0.25) is 0 Å². The second kappa shape index (κ2) is 10.9. The zero-order valence-corrected chi connectivity index (χ0v) is 14.4. The van der Waals surface area contributed by atoms with Gasteiger partial charge in [0.05, 0.1) is 25.3 Å². The molecule has 1 fully saturated rings. The molecule has 8 heteroatoms. The second-order valence-corrected chi connectivity index (χ2v) is 5.23. The van der Waals surface area contributed by atoms with Gasteiger partial charge in [0.15, 0.2) is 0 Å². The van der Waals surface area contributed by atoms with Crippen molar-refractivity contribution in [1.29, 1.82) is 0 Å². The van der Waals surface area contributed by atoms with E-state index in [4.69, 9.17) is 14.9 Å². The number of furan rings is 1. The first-order valence-electron chi connectivity index (χ1n) is 7.05. The van der Waals surface area contributed by atoms with Crippen molar-refractivity contribution < 1.29 is 13.9 Å². The normalized spacial score (nSPS) is 16.3. The van der Waals surface area contributed by atoms with Gasteiger partial charge in [0.1, 0.15) is 12.0 Å². The molecule has 128 valence electrons. The Bertz CT molecular complexity index is 437. The van der Waals surface area contributed by atoms with Crippen LogP contribution in [0.15, 0.2) is 16.7 Å². The van der Waals surface area contributed by atoms with Crippen LogP contribution in [-0.2, 0) is 11.3 Å². The zero-order chi connectivity index (χ0) is 14.4. The average Bonchev–Trinajstić information content (AvgIpc) is 2.95. The fourth-order valence-corrected chi connectivity index (χ4v) is 2.26. The SMILES string of the molecule is CC(CNC(=O)c1coc(CN)c1)CN1CCOCC1.Cl.Cl. The molecule has 1 aromatic rings. The molecule has 22 heavy (non-hydrogen) atoms. The molecule has 0 radical (unpaired) electrons. The van der Waals surface area contributed by atoms with Gasteiger partial charge < -0.3 is 20.2 Å². The highest BCUT2D eigenvalue weighted by Gasteiger charge is 2.15. The number of carbonyl (C=O) groups is 1. The van der Waals surface area contributed by atoms with E-state index in [2.05, 4.69) is 17.1 Å². The Balaban J connectivity index is 0.00000220. The second-order valence-electron chi connectivity index (χ2n) is 5.23. The highest BCUT2D eigenvalue weighted by molar-refractivity contribution is 5.93. The predicted molar refractivity (Wildman–Crippen MR) is 89.9 cm³/mol. The van der Waals surface area contributed by atoms with Crippen LogP contribution in [0.5, 0.6) is 0 Å². The molecule has 1 aromatic heterocycles. The summed E-state index contributed by atoms with van der Waals surface area (Å²) in [4.78, 5) is 14.3. The Labute approximate surface area is 143 Å². The fraction of sp³-hybridized carbons (Fsp3) is 0.643. The molecule has 0 spiro atoms. The number of halogens is 2. The van der Waals surface area contributed by atoms with Gasteiger partial charge in [0.2, 0.25) is 0 Å². The molecule has 1 amide bonds. The van der Waals surface area contributed by atoms with E-state index in [1.54, 1.807) is 6.07 Å². The van der Waals surface area contributed by atoms with E-state index in [9.17, 15) is 4.79 Å². The average molecular weight is 354 g/mol. The molecular formula is C14H25Cl2N3O3. The summed E-state index contributed by atoms with van der Waals surface area (Å²) >= 11 is 0. The van der Waals surface area contributed by atoms with Crippen molar-refractivity contribution in [3.8, 4) is 0 Å². The van der Waals surface area contributed by atoms with Crippen molar-refractivity contribution in [1.82, 2.24) is 10.2 Å². The molecular weight excluding hydrogens is 329 g/mol. The third-order valence-electron chi connectivity index (χ3n) is 3.40. The van der Waals surface area contributed by atoms with Gasteiger partial charge in [-0.1, -0.05) is 6.92 Å². The summed E-state index contributed by atoms with van der Waals surface area (Å²) in [5, 5.41) is 2.93. The van der Waals surface area contributed by atoms with E-state index < -0.39 is 0 Å². The number of carbonyl (C=O) groups excluding carboxylic acids is 1. The molecule has 1 atom stereocenters. The number of ether oxygens (including phenoxy) is 1. The minimum Gasteiger partial charge on any atom is -0.467 e. The Morgan fingerprint density at radius 3 is 2.68 bits per heavy atom. The van der Waals surface area contributed by atoms with Crippen molar-refractivity contribution in [2.45, 2.75) is 13.5 Å². The number of rotatable bonds is 6. The summed E-state index contributed by atoms with van der Waals surface area (Å²) in [7, 11) is 0. The predicted octanol–water partition coefficient (Wildman–Crippen LogP) is 1.28. The smallest absolute Gasteiger partial charge is 0.254 e. The molecule has 0 saturated carbocycles. The highest BCUT2D eigenvalue weighted by atomic mass is 35.5. The van der Waals surface area contributed by atoms with Crippen LogP contribution in [0.1, 0.15) is 23.0 Å². The first kappa shape index (κ1) is 21.2. The minimum atomic E-state index is -0.109. The number of hydrogen-bond acceptors (Lipinski definition) is 5. The Morgan fingerprint density at radius 2 is 2.09 bits per heavy atom. The lowest BCUT2D eigenvalue weighted by Gasteiger charge is -2.29. The van der Waals surface area contributed by atoms with Crippen LogP contribution in [0.25, 0.3) is 0 Å². The lowest BCUT2D eigenvalue weighted by Crippen LogP contribution is -2.41. The Hall–Kier alpha value is -0.790. The van der Waals surface area contributed by atoms with Crippen molar-refractivity contribution in [2.24, 2.45) is 11.7 Å². The Morgan fingerprint density at radius 1 is 1.41 bits per heavy atom. The Kier molecular flexibility index (Phi) is 10.5. The topological polar surface area (TPSA) is 80.7 Å². The molecule has 1 aliphatic heterocycles. The third-order valence-corrected chi connectivity index (χ3v) is 3.40. The van der Waals surface area contributed by atoms with Crippen LogP contribution < -0.4 is 11.1 Å². The molecule has 2 rings (SSSR count). The van der Waals surface area contributed by atoms with Crippen LogP contribution in [0.3, 0.4) is 0 Å². The van der Waals surface area contributed by atoms with E-state index >= 15 is 0 Å². The van der Waals surface area contributed by atoms with Gasteiger partial charge in [-0.25, -0.2) is 0 Å². The molecule has 6 nitrogen and oxygen atoms in total. The molecule has 0 aromatic carbocycles. The number of amides is 1. The fourth-order valence-electron chi connectivity index (χ4n) is 2.26. The van der Waals surface area contributed by atoms with E-state index in [0.29, 0.717) is 30.3 Å². The number of nitrogens with zero attached hydrogens (tertiary/aromatic N) is 1. The van der Waals surface area contributed by atoms with E-state index in [-0.39, 0.29) is 30.7 Å². The van der Waals surface area contributed by atoms with Crippen LogP contribution in [0.4, 0.5) is 0 Å². The van der Waals surface area contributed by atoms with E-state index in [1.807, 2.05) is 0 Å². The van der Waals surface area contributed by atoms with Crippen molar-refractivity contribution in [2.75, 3.05) is 39.4 Å². The molecule has 1 unspecified atom stereocenters. The zero-order valence-electron chi connectivity index (χ0n) is 12.7. The van der Waals surface area contributed by atoms with E-state index in [1.165, 1.54) is 6.26 Å². The summed E-state index contributed by atoms with van der Waals surface area (Å²) in [5.41, 5.74) is 5.98. The highest BCUT2D eigenvalue weighted by Crippen LogP contribution is 2.07. The molecule has 1 aliphatic rings. The van der Waals surface area contributed by atoms with Gasteiger partial charge in [0.25, 0.3) is 5.91 Å². The molecule has 0 aliphatic carbocycles. The number of hydrogen-bond donors (Lipinski definition) is 2. The molecule has 1 saturated heterocycles. The molecule has 3 N–H and O–H groups in total. The summed E-state index contributed by atoms with van der Waals surface area (Å²) < 4.78 is 10.5. The van der Waals surface area contributed by atoms with Gasteiger partial charge in [0, 0.05) is 26.2 Å². The van der Waals surface area contributed by atoms with Crippen molar-refractivity contribution in [3.63, 3.8) is 0 Å². The monoisotopic (exact) mass is 353 g/mol. The van der Waals surface area contributed by atoms with Gasteiger partial charge in [-0.3, -0.25) is 9.69 Å². The summed E-state index contributed by atoms with van der Waals surface area (Å²) in [6.45, 7) is 7.62. The summed E-state index contributed by atoms with van der Waals surface area (Å²) in [6.07, 6.45) is 1.45. The number of nitrogens with one attached hydrogen (secondary N) is 1. The van der Waals surface area contributed by atoms with Crippen molar-refractivity contribution >= 4 is 30.7 Å². The van der Waals surface area contributed by atoms with Crippen molar-refractivity contribution in [3.05, 3.63) is 23.7 Å².